The first kappa shape index (κ1) is 28.2. The van der Waals surface area contributed by atoms with Gasteiger partial charge in [0, 0.05) is 18.1 Å². The van der Waals surface area contributed by atoms with Crippen molar-refractivity contribution in [3.63, 3.8) is 0 Å². The first-order valence-electron chi connectivity index (χ1n) is 13.5. The molecule has 1 heterocycles. The Kier molecular flexibility index (Phi) is 9.61. The van der Waals surface area contributed by atoms with Crippen molar-refractivity contribution >= 4 is 23.3 Å². The molecule has 1 aliphatic heterocycles. The molecule has 0 N–H and O–H groups in total. The van der Waals surface area contributed by atoms with Gasteiger partial charge in [0.05, 0.1) is 12.3 Å². The molecule has 0 unspecified atom stereocenters. The highest BCUT2D eigenvalue weighted by Gasteiger charge is 2.31. The summed E-state index contributed by atoms with van der Waals surface area (Å²) in [6, 6.07) is 26.9. The zero-order valence-electron chi connectivity index (χ0n) is 23.3. The summed E-state index contributed by atoms with van der Waals surface area (Å²) in [4.78, 5) is 2.17. The highest BCUT2D eigenvalue weighted by atomic mass is 35.5. The normalized spacial score (nSPS) is 13.6. The number of hydrazone groups is 2. The van der Waals surface area contributed by atoms with Crippen LogP contribution >= 0.6 is 11.6 Å². The molecule has 202 valence electrons. The maximum atomic E-state index is 6.14. The van der Waals surface area contributed by atoms with Gasteiger partial charge in [-0.05, 0) is 68.9 Å². The van der Waals surface area contributed by atoms with E-state index in [9.17, 15) is 0 Å². The summed E-state index contributed by atoms with van der Waals surface area (Å²) < 4.78 is 0. The van der Waals surface area contributed by atoms with Crippen LogP contribution in [0.2, 0.25) is 5.02 Å². The highest BCUT2D eigenvalue weighted by molar-refractivity contribution is 6.30. The molecule has 3 aromatic rings. The first-order valence-corrected chi connectivity index (χ1v) is 13.8. The van der Waals surface area contributed by atoms with E-state index in [1.165, 1.54) is 16.7 Å². The van der Waals surface area contributed by atoms with Gasteiger partial charge < -0.3 is 0 Å². The fourth-order valence-electron chi connectivity index (χ4n) is 4.39. The lowest BCUT2D eigenvalue weighted by atomic mass is 10.1. The van der Waals surface area contributed by atoms with Gasteiger partial charge in [0.15, 0.2) is 0 Å². The van der Waals surface area contributed by atoms with E-state index in [-0.39, 0.29) is 0 Å². The zero-order chi connectivity index (χ0) is 27.8. The second-order valence-electron chi connectivity index (χ2n) is 10.1. The molecule has 5 nitrogen and oxygen atoms in total. The van der Waals surface area contributed by atoms with Gasteiger partial charge in [-0.15, -0.1) is 11.7 Å². The molecule has 0 atom stereocenters. The summed E-state index contributed by atoms with van der Waals surface area (Å²) in [6.45, 7) is 16.8. The first-order chi connectivity index (χ1) is 18.8. The zero-order valence-corrected chi connectivity index (χ0v) is 24.0. The number of benzene rings is 3. The van der Waals surface area contributed by atoms with Crippen molar-refractivity contribution in [1.29, 1.82) is 0 Å². The molecule has 1 aliphatic rings. The number of aryl methyl sites for hydroxylation is 2. The van der Waals surface area contributed by atoms with Crippen molar-refractivity contribution in [1.82, 2.24) is 14.9 Å². The van der Waals surface area contributed by atoms with Crippen LogP contribution in [-0.2, 0) is 13.0 Å². The van der Waals surface area contributed by atoms with Crippen molar-refractivity contribution in [2.75, 3.05) is 13.1 Å². The van der Waals surface area contributed by atoms with E-state index in [2.05, 4.69) is 86.5 Å². The predicted molar refractivity (Wildman–Crippen MR) is 165 cm³/mol. The van der Waals surface area contributed by atoms with E-state index in [1.54, 1.807) is 0 Å². The van der Waals surface area contributed by atoms with Gasteiger partial charge in [-0.3, -0.25) is 4.90 Å². The molecule has 39 heavy (non-hydrogen) atoms. The van der Waals surface area contributed by atoms with Crippen molar-refractivity contribution in [3.8, 4) is 0 Å². The van der Waals surface area contributed by atoms with Gasteiger partial charge in [-0.2, -0.15) is 5.10 Å². The standard InChI is InChI=1S/C33H38ClN5/c1-25(2)21-23-37-28(5)39(24-30-15-13-26(3)14-16-30)36-33(37)38(22-9-12-29-10-7-6-8-11-29)35-27(4)31-17-19-32(34)20-18-31/h6-8,10-11,13-20H,1,5,9,12,21-24H2,2-4H3/b35-27+. The van der Waals surface area contributed by atoms with Gasteiger partial charge in [0.25, 0.3) is 0 Å². The van der Waals surface area contributed by atoms with Crippen LogP contribution in [0.1, 0.15) is 48.9 Å². The Morgan fingerprint density at radius 2 is 1.64 bits per heavy atom. The van der Waals surface area contributed by atoms with E-state index in [1.807, 2.05) is 41.2 Å². The molecular weight excluding hydrogens is 502 g/mol. The van der Waals surface area contributed by atoms with Crippen LogP contribution in [0.25, 0.3) is 0 Å². The highest BCUT2D eigenvalue weighted by Crippen LogP contribution is 2.25. The number of hydrogen-bond donors (Lipinski definition) is 0. The molecule has 0 amide bonds. The minimum atomic E-state index is 0.643. The molecule has 0 spiro atoms. The number of hydrogen-bond acceptors (Lipinski definition) is 5. The molecular formula is C33H38ClN5. The largest absolute Gasteiger partial charge is 0.294 e. The van der Waals surface area contributed by atoms with Gasteiger partial charge >= 0.3 is 0 Å². The maximum absolute atomic E-state index is 6.14. The van der Waals surface area contributed by atoms with Gasteiger partial charge in [0.1, 0.15) is 5.82 Å². The maximum Gasteiger partial charge on any atom is 0.245 e. The van der Waals surface area contributed by atoms with Crippen LogP contribution in [0.4, 0.5) is 0 Å². The van der Waals surface area contributed by atoms with Crippen molar-refractivity contribution < 1.29 is 0 Å². The van der Waals surface area contributed by atoms with E-state index >= 15 is 0 Å². The Labute approximate surface area is 238 Å². The molecule has 6 heteroatoms. The van der Waals surface area contributed by atoms with E-state index in [0.717, 1.165) is 54.4 Å². The molecule has 4 rings (SSSR count). The second kappa shape index (κ2) is 13.3. The van der Waals surface area contributed by atoms with Crippen molar-refractivity contribution in [2.24, 2.45) is 10.2 Å². The number of rotatable bonds is 11. The van der Waals surface area contributed by atoms with Crippen LogP contribution in [0.3, 0.4) is 0 Å². The minimum absolute atomic E-state index is 0.643. The van der Waals surface area contributed by atoms with Crippen LogP contribution in [0.15, 0.2) is 114 Å². The average molecular weight is 540 g/mol. The monoisotopic (exact) mass is 539 g/mol. The average Bonchev–Trinajstić information content (AvgIpc) is 3.23. The fourth-order valence-corrected chi connectivity index (χ4v) is 4.52. The third kappa shape index (κ3) is 7.84. The lowest BCUT2D eigenvalue weighted by Gasteiger charge is -2.28. The third-order valence-corrected chi connectivity index (χ3v) is 6.97. The number of guanidine groups is 1. The summed E-state index contributed by atoms with van der Waals surface area (Å²) in [5.41, 5.74) is 6.78. The Morgan fingerprint density at radius 3 is 2.31 bits per heavy atom. The SMILES string of the molecule is C=C(C)CCN1C(=C)N(Cc2ccc(C)cc2)N=C1N(CCCc1ccccc1)/N=C(\C)c1ccc(Cl)cc1. The number of halogens is 1. The summed E-state index contributed by atoms with van der Waals surface area (Å²) >= 11 is 6.14. The predicted octanol–water partition coefficient (Wildman–Crippen LogP) is 7.83. The van der Waals surface area contributed by atoms with Crippen LogP contribution < -0.4 is 0 Å². The van der Waals surface area contributed by atoms with Gasteiger partial charge in [0.2, 0.25) is 5.96 Å². The Hall–Kier alpha value is -3.83. The number of nitrogens with zero attached hydrogens (tertiary/aromatic N) is 5. The van der Waals surface area contributed by atoms with E-state index < -0.39 is 0 Å². The lowest BCUT2D eigenvalue weighted by Crippen LogP contribution is -2.40. The summed E-state index contributed by atoms with van der Waals surface area (Å²) in [5, 5.41) is 14.9. The Bertz CT molecular complexity index is 1330. The second-order valence-corrected chi connectivity index (χ2v) is 10.6. The topological polar surface area (TPSA) is 34.4 Å². The smallest absolute Gasteiger partial charge is 0.245 e. The summed E-state index contributed by atoms with van der Waals surface area (Å²) in [5.74, 6) is 1.63. The molecule has 0 bridgehead atoms. The molecule has 0 aromatic heterocycles. The molecule has 0 saturated carbocycles. The lowest BCUT2D eigenvalue weighted by molar-refractivity contribution is 0.307. The van der Waals surface area contributed by atoms with Crippen molar-refractivity contribution in [2.45, 2.75) is 46.6 Å². The quantitative estimate of drug-likeness (QED) is 0.141. The van der Waals surface area contributed by atoms with E-state index in [4.69, 9.17) is 21.8 Å². The molecule has 0 radical (unpaired) electrons. The van der Waals surface area contributed by atoms with Gasteiger partial charge in [-0.25, -0.2) is 10.0 Å². The molecule has 0 saturated heterocycles. The minimum Gasteiger partial charge on any atom is -0.294 e. The molecule has 0 fully saturated rings. The third-order valence-electron chi connectivity index (χ3n) is 6.72. The van der Waals surface area contributed by atoms with Crippen LogP contribution in [0.5, 0.6) is 0 Å². The Morgan fingerprint density at radius 1 is 0.949 bits per heavy atom. The van der Waals surface area contributed by atoms with Crippen LogP contribution in [0, 0.1) is 6.92 Å². The Balaban J connectivity index is 1.65. The van der Waals surface area contributed by atoms with Crippen LogP contribution in [-0.4, -0.2) is 39.7 Å². The fraction of sp³-hybridized carbons (Fsp3) is 0.273. The van der Waals surface area contributed by atoms with Gasteiger partial charge in [-0.1, -0.05) is 96.0 Å². The van der Waals surface area contributed by atoms with Crippen molar-refractivity contribution in [3.05, 3.63) is 131 Å². The van der Waals surface area contributed by atoms with E-state index in [0.29, 0.717) is 18.1 Å². The molecule has 3 aromatic carbocycles. The summed E-state index contributed by atoms with van der Waals surface area (Å²) in [7, 11) is 0. The summed E-state index contributed by atoms with van der Waals surface area (Å²) in [6.07, 6.45) is 2.73. The molecule has 0 aliphatic carbocycles.